The Hall–Kier alpha value is -0.120. The van der Waals surface area contributed by atoms with Crippen molar-refractivity contribution in [2.75, 3.05) is 26.9 Å². The molecule has 1 aliphatic rings. The van der Waals surface area contributed by atoms with Crippen LogP contribution < -0.4 is 5.32 Å². The average Bonchev–Trinajstić information content (AvgIpc) is 2.18. The fourth-order valence-corrected chi connectivity index (χ4v) is 1.92. The summed E-state index contributed by atoms with van der Waals surface area (Å²) in [4.78, 5) is 0. The van der Waals surface area contributed by atoms with Gasteiger partial charge in [-0.3, -0.25) is 0 Å². The van der Waals surface area contributed by atoms with E-state index in [4.69, 9.17) is 9.47 Å². The first-order valence-electron chi connectivity index (χ1n) is 5.88. The van der Waals surface area contributed by atoms with Gasteiger partial charge in [0.15, 0.2) is 0 Å². The van der Waals surface area contributed by atoms with E-state index in [1.165, 1.54) is 12.8 Å². The Bertz CT molecular complexity index is 171. The molecule has 90 valence electrons. The molecule has 0 radical (unpaired) electrons. The lowest BCUT2D eigenvalue weighted by Crippen LogP contribution is -2.45. The maximum Gasteiger partial charge on any atom is 0.0743 e. The molecule has 2 atom stereocenters. The van der Waals surface area contributed by atoms with Crippen LogP contribution in [-0.4, -0.2) is 39.0 Å². The van der Waals surface area contributed by atoms with E-state index in [0.717, 1.165) is 19.8 Å². The van der Waals surface area contributed by atoms with Gasteiger partial charge in [-0.2, -0.15) is 0 Å². The number of ether oxygens (including phenoxy) is 2. The van der Waals surface area contributed by atoms with Gasteiger partial charge < -0.3 is 14.8 Å². The van der Waals surface area contributed by atoms with Crippen molar-refractivity contribution >= 4 is 0 Å². The first-order valence-corrected chi connectivity index (χ1v) is 5.88. The van der Waals surface area contributed by atoms with Crippen LogP contribution in [0.15, 0.2) is 0 Å². The first-order chi connectivity index (χ1) is 7.04. The highest BCUT2D eigenvalue weighted by atomic mass is 16.5. The smallest absolute Gasteiger partial charge is 0.0743 e. The zero-order chi connectivity index (χ0) is 11.3. The molecule has 3 heteroatoms. The summed E-state index contributed by atoms with van der Waals surface area (Å²) in [5, 5.41) is 3.53. The largest absolute Gasteiger partial charge is 0.380 e. The summed E-state index contributed by atoms with van der Waals surface area (Å²) in [5.74, 6) is 0. The molecule has 1 rings (SSSR count). The number of rotatable bonds is 4. The van der Waals surface area contributed by atoms with Crippen LogP contribution in [-0.2, 0) is 9.47 Å². The molecule has 1 fully saturated rings. The Labute approximate surface area is 93.5 Å². The minimum atomic E-state index is 0.192. The quantitative estimate of drug-likeness (QED) is 0.776. The molecule has 0 bridgehead atoms. The van der Waals surface area contributed by atoms with Crippen molar-refractivity contribution in [1.82, 2.24) is 5.32 Å². The summed E-state index contributed by atoms with van der Waals surface area (Å²) in [6.07, 6.45) is 2.66. The number of nitrogens with one attached hydrogen (secondary N) is 1. The monoisotopic (exact) mass is 215 g/mol. The second kappa shape index (κ2) is 5.83. The summed E-state index contributed by atoms with van der Waals surface area (Å²) < 4.78 is 10.9. The van der Waals surface area contributed by atoms with Crippen LogP contribution in [0.25, 0.3) is 0 Å². The number of hydrogen-bond donors (Lipinski definition) is 1. The lowest BCUT2D eigenvalue weighted by atomic mass is 9.88. The Morgan fingerprint density at radius 1 is 1.47 bits per heavy atom. The standard InChI is InChI=1S/C12H25NO2/c1-12(2,3)11(14-4)8-13-10-6-5-7-15-9-10/h10-11,13H,5-9H2,1-4H3. The van der Waals surface area contributed by atoms with E-state index >= 15 is 0 Å². The maximum atomic E-state index is 5.50. The zero-order valence-corrected chi connectivity index (χ0v) is 10.5. The summed E-state index contributed by atoms with van der Waals surface area (Å²) in [7, 11) is 1.79. The molecule has 0 aliphatic carbocycles. The Morgan fingerprint density at radius 2 is 2.20 bits per heavy atom. The van der Waals surface area contributed by atoms with Crippen LogP contribution >= 0.6 is 0 Å². The minimum Gasteiger partial charge on any atom is -0.380 e. The molecule has 1 heterocycles. The molecule has 0 saturated carbocycles. The van der Waals surface area contributed by atoms with Crippen LogP contribution in [0.5, 0.6) is 0 Å². The van der Waals surface area contributed by atoms with Gasteiger partial charge in [-0.05, 0) is 18.3 Å². The normalized spacial score (nSPS) is 25.2. The SMILES string of the molecule is COC(CNC1CCCOC1)C(C)(C)C. The minimum absolute atomic E-state index is 0.192. The average molecular weight is 215 g/mol. The molecule has 2 unspecified atom stereocenters. The summed E-state index contributed by atoms with van der Waals surface area (Å²) in [5.41, 5.74) is 0.192. The van der Waals surface area contributed by atoms with Gasteiger partial charge in [0.2, 0.25) is 0 Å². The zero-order valence-electron chi connectivity index (χ0n) is 10.5. The number of methoxy groups -OCH3 is 1. The van der Waals surface area contributed by atoms with E-state index in [0.29, 0.717) is 6.04 Å². The lowest BCUT2D eigenvalue weighted by Gasteiger charge is -2.32. The summed E-state index contributed by atoms with van der Waals surface area (Å²) >= 11 is 0. The van der Waals surface area contributed by atoms with Crippen LogP contribution in [0.4, 0.5) is 0 Å². The van der Waals surface area contributed by atoms with Crippen molar-refractivity contribution in [1.29, 1.82) is 0 Å². The number of hydrogen-bond acceptors (Lipinski definition) is 3. The van der Waals surface area contributed by atoms with Crippen molar-refractivity contribution in [3.63, 3.8) is 0 Å². The highest BCUT2D eigenvalue weighted by Gasteiger charge is 2.25. The maximum absolute atomic E-state index is 5.50. The van der Waals surface area contributed by atoms with E-state index in [1.54, 1.807) is 7.11 Å². The van der Waals surface area contributed by atoms with Crippen molar-refractivity contribution in [3.8, 4) is 0 Å². The fraction of sp³-hybridized carbons (Fsp3) is 1.00. The van der Waals surface area contributed by atoms with Crippen LogP contribution in [0, 0.1) is 5.41 Å². The Balaban J connectivity index is 2.27. The highest BCUT2D eigenvalue weighted by Crippen LogP contribution is 2.21. The molecule has 0 aromatic carbocycles. The molecule has 1 aliphatic heterocycles. The van der Waals surface area contributed by atoms with Gasteiger partial charge in [-0.15, -0.1) is 0 Å². The molecule has 1 saturated heterocycles. The molecule has 3 nitrogen and oxygen atoms in total. The second-order valence-electron chi connectivity index (χ2n) is 5.41. The molecule has 1 N–H and O–H groups in total. The molecular weight excluding hydrogens is 190 g/mol. The van der Waals surface area contributed by atoms with Gasteiger partial charge in [0, 0.05) is 26.3 Å². The predicted octanol–water partition coefficient (Wildman–Crippen LogP) is 1.82. The lowest BCUT2D eigenvalue weighted by molar-refractivity contribution is 0.00746. The second-order valence-corrected chi connectivity index (χ2v) is 5.41. The fourth-order valence-electron chi connectivity index (χ4n) is 1.92. The van der Waals surface area contributed by atoms with Gasteiger partial charge in [0.25, 0.3) is 0 Å². The van der Waals surface area contributed by atoms with E-state index in [9.17, 15) is 0 Å². The third-order valence-electron chi connectivity index (χ3n) is 3.00. The van der Waals surface area contributed by atoms with E-state index in [2.05, 4.69) is 26.1 Å². The Morgan fingerprint density at radius 3 is 2.67 bits per heavy atom. The predicted molar refractivity (Wildman–Crippen MR) is 62.1 cm³/mol. The van der Waals surface area contributed by atoms with Gasteiger partial charge in [-0.1, -0.05) is 20.8 Å². The molecule has 0 aromatic heterocycles. The van der Waals surface area contributed by atoms with Gasteiger partial charge in [0.05, 0.1) is 12.7 Å². The molecular formula is C12H25NO2. The van der Waals surface area contributed by atoms with Crippen molar-refractivity contribution in [2.24, 2.45) is 5.41 Å². The molecule has 0 spiro atoms. The summed E-state index contributed by atoms with van der Waals surface area (Å²) in [6, 6.07) is 0.513. The molecule has 15 heavy (non-hydrogen) atoms. The molecule has 0 amide bonds. The van der Waals surface area contributed by atoms with Crippen LogP contribution in [0.1, 0.15) is 33.6 Å². The third-order valence-corrected chi connectivity index (χ3v) is 3.00. The van der Waals surface area contributed by atoms with Crippen molar-refractivity contribution < 1.29 is 9.47 Å². The van der Waals surface area contributed by atoms with Gasteiger partial charge in [-0.25, -0.2) is 0 Å². The van der Waals surface area contributed by atoms with E-state index in [1.807, 2.05) is 0 Å². The first kappa shape index (κ1) is 12.9. The highest BCUT2D eigenvalue weighted by molar-refractivity contribution is 4.79. The van der Waals surface area contributed by atoms with Gasteiger partial charge >= 0.3 is 0 Å². The van der Waals surface area contributed by atoms with Crippen molar-refractivity contribution in [3.05, 3.63) is 0 Å². The Kier molecular flexibility index (Phi) is 5.03. The van der Waals surface area contributed by atoms with Crippen molar-refractivity contribution in [2.45, 2.75) is 45.8 Å². The third kappa shape index (κ3) is 4.49. The van der Waals surface area contributed by atoms with Crippen LogP contribution in [0.2, 0.25) is 0 Å². The molecule has 0 aromatic rings. The van der Waals surface area contributed by atoms with E-state index in [-0.39, 0.29) is 11.5 Å². The van der Waals surface area contributed by atoms with Crippen LogP contribution in [0.3, 0.4) is 0 Å². The topological polar surface area (TPSA) is 30.5 Å². The summed E-state index contributed by atoms with van der Waals surface area (Å²) in [6.45, 7) is 9.31. The van der Waals surface area contributed by atoms with E-state index < -0.39 is 0 Å². The van der Waals surface area contributed by atoms with Gasteiger partial charge in [0.1, 0.15) is 0 Å².